The number of hydrogen-bond donors (Lipinski definition) is 2. The standard InChI is InChI=1S/C44H54N4O6S/c1-30-14-9-10-20-37(30)47-26-12-11-19-35(42(47)51)45-40(49)33(28-31-15-5-3-6-16-31)23-24-34(29-32-17-7-4-8-18-32)41(50)46-36-25-27-55-39-22-13-21-38(44(53)54-2)48(39)43(36)52/h3-10,14-18,20,33-36,38-39H,11-13,19,21-29H2,1-2H3,(H,45,49)(H,46,50)/t33?,34?,35?,36?,38?,39-/m0/s1. The largest absolute Gasteiger partial charge is 0.467 e. The first-order valence-electron chi connectivity index (χ1n) is 19.8. The molecule has 5 unspecified atom stereocenters. The molecule has 4 amide bonds. The van der Waals surface area contributed by atoms with Crippen molar-refractivity contribution >= 4 is 47.0 Å². The fourth-order valence-corrected chi connectivity index (χ4v) is 9.65. The minimum atomic E-state index is -0.769. The molecule has 3 aliphatic heterocycles. The SMILES string of the molecule is COC(=O)C1CCC[C@@H]2SCCC(NC(=O)C(CCC(Cc3ccccc3)C(=O)NC3CCCCN(c4ccccc4C)C3=O)Cc3ccccc3)C(=O)N12. The molecule has 3 heterocycles. The molecule has 6 atom stereocenters. The lowest BCUT2D eigenvalue weighted by Gasteiger charge is -2.40. The number of carbonyl (C=O) groups is 5. The van der Waals surface area contributed by atoms with Crippen molar-refractivity contribution in [1.82, 2.24) is 15.5 Å². The second kappa shape index (κ2) is 19.3. The van der Waals surface area contributed by atoms with Crippen LogP contribution >= 0.6 is 11.8 Å². The number of esters is 1. The highest BCUT2D eigenvalue weighted by Gasteiger charge is 2.44. The average Bonchev–Trinajstić information content (AvgIpc) is 3.48. The fourth-order valence-electron chi connectivity index (χ4n) is 8.26. The molecule has 2 N–H and O–H groups in total. The maximum absolute atomic E-state index is 14.3. The number of hydrogen-bond acceptors (Lipinski definition) is 7. The molecular formula is C44H54N4O6S. The molecule has 55 heavy (non-hydrogen) atoms. The highest BCUT2D eigenvalue weighted by atomic mass is 32.2. The third kappa shape index (κ3) is 10.2. The van der Waals surface area contributed by atoms with Gasteiger partial charge in [-0.1, -0.05) is 78.9 Å². The molecule has 3 fully saturated rings. The summed E-state index contributed by atoms with van der Waals surface area (Å²) >= 11 is 1.65. The summed E-state index contributed by atoms with van der Waals surface area (Å²) in [4.78, 5) is 72.9. The summed E-state index contributed by atoms with van der Waals surface area (Å²) in [5.41, 5.74) is 3.86. The van der Waals surface area contributed by atoms with E-state index in [0.717, 1.165) is 48.1 Å². The second-order valence-corrected chi connectivity index (χ2v) is 16.4. The predicted octanol–water partition coefficient (Wildman–Crippen LogP) is 6.00. The lowest BCUT2D eigenvalue weighted by atomic mass is 9.86. The maximum Gasteiger partial charge on any atom is 0.328 e. The number of amides is 4. The van der Waals surface area contributed by atoms with Crippen LogP contribution in [0.4, 0.5) is 5.69 Å². The number of benzene rings is 3. The first kappa shape index (κ1) is 40.0. The van der Waals surface area contributed by atoms with E-state index in [1.165, 1.54) is 7.11 Å². The Kier molecular flexibility index (Phi) is 14.0. The molecule has 0 radical (unpaired) electrons. The minimum absolute atomic E-state index is 0.100. The van der Waals surface area contributed by atoms with Crippen molar-refractivity contribution in [2.75, 3.05) is 24.3 Å². The van der Waals surface area contributed by atoms with Gasteiger partial charge in [0.05, 0.1) is 12.5 Å². The molecule has 0 aromatic heterocycles. The summed E-state index contributed by atoms with van der Waals surface area (Å²) < 4.78 is 5.07. The molecule has 3 aromatic carbocycles. The number of carbonyl (C=O) groups excluding carboxylic acids is 5. The van der Waals surface area contributed by atoms with E-state index in [0.29, 0.717) is 57.2 Å². The van der Waals surface area contributed by atoms with Crippen LogP contribution in [0.2, 0.25) is 0 Å². The van der Waals surface area contributed by atoms with E-state index in [-0.39, 0.29) is 29.0 Å². The summed E-state index contributed by atoms with van der Waals surface area (Å²) in [6, 6.07) is 25.4. The van der Waals surface area contributed by atoms with E-state index in [1.807, 2.05) is 96.8 Å². The maximum atomic E-state index is 14.3. The molecule has 11 heteroatoms. The molecule has 0 aliphatic carbocycles. The Morgan fingerprint density at radius 3 is 1.91 bits per heavy atom. The molecule has 10 nitrogen and oxygen atoms in total. The second-order valence-electron chi connectivity index (χ2n) is 15.1. The Morgan fingerprint density at radius 1 is 0.727 bits per heavy atom. The van der Waals surface area contributed by atoms with Gasteiger partial charge in [0.1, 0.15) is 18.1 Å². The average molecular weight is 767 g/mol. The minimum Gasteiger partial charge on any atom is -0.467 e. The monoisotopic (exact) mass is 766 g/mol. The van der Waals surface area contributed by atoms with Crippen molar-refractivity contribution in [3.05, 3.63) is 102 Å². The zero-order valence-electron chi connectivity index (χ0n) is 32.0. The highest BCUT2D eigenvalue weighted by molar-refractivity contribution is 7.99. The van der Waals surface area contributed by atoms with Crippen molar-refractivity contribution in [1.29, 1.82) is 0 Å². The molecule has 0 saturated carbocycles. The van der Waals surface area contributed by atoms with Crippen molar-refractivity contribution in [3.63, 3.8) is 0 Å². The summed E-state index contributed by atoms with van der Waals surface area (Å²) in [6.07, 6.45) is 6.54. The van der Waals surface area contributed by atoms with E-state index < -0.39 is 35.9 Å². The molecular weight excluding hydrogens is 713 g/mol. The Bertz CT molecular complexity index is 1790. The van der Waals surface area contributed by atoms with Gasteiger partial charge in [0, 0.05) is 24.1 Å². The van der Waals surface area contributed by atoms with Gasteiger partial charge in [0.15, 0.2) is 0 Å². The van der Waals surface area contributed by atoms with Crippen molar-refractivity contribution in [2.45, 2.75) is 101 Å². The smallest absolute Gasteiger partial charge is 0.328 e. The lowest BCUT2D eigenvalue weighted by Crippen LogP contribution is -2.57. The van der Waals surface area contributed by atoms with Crippen LogP contribution < -0.4 is 15.5 Å². The highest BCUT2D eigenvalue weighted by Crippen LogP contribution is 2.35. The number of piperidine rings is 1. The van der Waals surface area contributed by atoms with Crippen LogP contribution in [0, 0.1) is 18.8 Å². The lowest BCUT2D eigenvalue weighted by molar-refractivity contribution is -0.156. The number of aryl methyl sites for hydroxylation is 1. The van der Waals surface area contributed by atoms with Crippen molar-refractivity contribution < 1.29 is 28.7 Å². The molecule has 3 aliphatic rings. The number of ether oxygens (including phenoxy) is 1. The number of anilines is 1. The van der Waals surface area contributed by atoms with Crippen LogP contribution in [-0.2, 0) is 41.6 Å². The van der Waals surface area contributed by atoms with Gasteiger partial charge in [0.25, 0.3) is 0 Å². The van der Waals surface area contributed by atoms with Gasteiger partial charge in [-0.05, 0) is 106 Å². The van der Waals surface area contributed by atoms with E-state index in [4.69, 9.17) is 4.74 Å². The van der Waals surface area contributed by atoms with Crippen LogP contribution in [0.25, 0.3) is 0 Å². The van der Waals surface area contributed by atoms with Crippen molar-refractivity contribution in [2.24, 2.45) is 11.8 Å². The first-order valence-corrected chi connectivity index (χ1v) is 20.9. The fraction of sp³-hybridized carbons (Fsp3) is 0.477. The van der Waals surface area contributed by atoms with Gasteiger partial charge in [-0.25, -0.2) is 4.79 Å². The summed E-state index contributed by atoms with van der Waals surface area (Å²) in [7, 11) is 1.34. The summed E-state index contributed by atoms with van der Waals surface area (Å²) in [6.45, 7) is 2.59. The normalized spacial score (nSPS) is 22.7. The van der Waals surface area contributed by atoms with E-state index in [1.54, 1.807) is 16.7 Å². The van der Waals surface area contributed by atoms with Gasteiger partial charge in [-0.15, -0.1) is 11.8 Å². The topological polar surface area (TPSA) is 125 Å². The number of nitrogens with one attached hydrogen (secondary N) is 2. The molecule has 6 rings (SSSR count). The van der Waals surface area contributed by atoms with E-state index in [2.05, 4.69) is 10.6 Å². The van der Waals surface area contributed by atoms with Crippen LogP contribution in [-0.4, -0.2) is 77.4 Å². The van der Waals surface area contributed by atoms with E-state index in [9.17, 15) is 24.0 Å². The predicted molar refractivity (Wildman–Crippen MR) is 215 cm³/mol. The number of thioether (sulfide) groups is 1. The van der Waals surface area contributed by atoms with Gasteiger partial charge < -0.3 is 25.2 Å². The van der Waals surface area contributed by atoms with Crippen molar-refractivity contribution in [3.8, 4) is 0 Å². The van der Waals surface area contributed by atoms with Gasteiger partial charge in [-0.2, -0.15) is 0 Å². The Balaban J connectivity index is 1.20. The molecule has 0 spiro atoms. The number of para-hydroxylation sites is 1. The molecule has 0 bridgehead atoms. The van der Waals surface area contributed by atoms with Gasteiger partial charge in [0.2, 0.25) is 23.6 Å². The van der Waals surface area contributed by atoms with Crippen LogP contribution in [0.3, 0.4) is 0 Å². The Morgan fingerprint density at radius 2 is 1.31 bits per heavy atom. The third-order valence-electron chi connectivity index (χ3n) is 11.3. The summed E-state index contributed by atoms with van der Waals surface area (Å²) in [5.74, 6) is -1.57. The van der Waals surface area contributed by atoms with Crippen LogP contribution in [0.1, 0.15) is 74.5 Å². The quantitative estimate of drug-likeness (QED) is 0.205. The number of rotatable bonds is 13. The summed E-state index contributed by atoms with van der Waals surface area (Å²) in [5, 5.41) is 6.12. The first-order chi connectivity index (χ1) is 26.7. The zero-order chi connectivity index (χ0) is 38.7. The molecule has 292 valence electrons. The van der Waals surface area contributed by atoms with Gasteiger partial charge in [-0.3, -0.25) is 19.2 Å². The number of methoxy groups -OCH3 is 1. The Labute approximate surface area is 329 Å². The zero-order valence-corrected chi connectivity index (χ0v) is 32.8. The third-order valence-corrected chi connectivity index (χ3v) is 12.6. The van der Waals surface area contributed by atoms with E-state index >= 15 is 0 Å². The number of nitrogens with zero attached hydrogens (tertiary/aromatic N) is 2. The van der Waals surface area contributed by atoms with Crippen LogP contribution in [0.15, 0.2) is 84.9 Å². The number of fused-ring (bicyclic) bond motifs is 1. The Hall–Kier alpha value is -4.64. The molecule has 3 saturated heterocycles. The van der Waals surface area contributed by atoms with Crippen LogP contribution in [0.5, 0.6) is 0 Å². The van der Waals surface area contributed by atoms with Gasteiger partial charge >= 0.3 is 5.97 Å². The molecule has 3 aromatic rings.